The van der Waals surface area contributed by atoms with Crippen LogP contribution in [0.4, 0.5) is 5.69 Å². The molecule has 0 saturated carbocycles. The number of hydrogen-bond donors (Lipinski definition) is 1. The molecule has 2 aliphatic heterocycles. The van der Waals surface area contributed by atoms with Crippen LogP contribution in [0.2, 0.25) is 0 Å². The third kappa shape index (κ3) is 2.84. The molecular weight excluding hydrogens is 304 g/mol. The minimum Gasteiger partial charge on any atom is -0.335 e. The summed E-state index contributed by atoms with van der Waals surface area (Å²) < 4.78 is 3.97. The fourth-order valence-electron chi connectivity index (χ4n) is 3.85. The second kappa shape index (κ2) is 6.39. The summed E-state index contributed by atoms with van der Waals surface area (Å²) in [5.74, 6) is 1.71. The Bertz CT molecular complexity index is 720. The van der Waals surface area contributed by atoms with Crippen LogP contribution < -0.4 is 10.2 Å². The van der Waals surface area contributed by atoms with Gasteiger partial charge in [-0.3, -0.25) is 9.48 Å². The fourth-order valence-corrected chi connectivity index (χ4v) is 3.85. The number of piperidine rings is 1. The van der Waals surface area contributed by atoms with Crippen molar-refractivity contribution in [1.82, 2.24) is 24.6 Å². The molecule has 2 unspecified atom stereocenters. The maximum Gasteiger partial charge on any atom is 0.244 e. The van der Waals surface area contributed by atoms with Gasteiger partial charge >= 0.3 is 0 Å². The summed E-state index contributed by atoms with van der Waals surface area (Å²) in [6.07, 6.45) is 11.8. The van der Waals surface area contributed by atoms with Crippen LogP contribution in [0.5, 0.6) is 0 Å². The number of hydrogen-bond acceptors (Lipinski definition) is 4. The van der Waals surface area contributed by atoms with Crippen molar-refractivity contribution in [2.45, 2.75) is 44.2 Å². The predicted molar refractivity (Wildman–Crippen MR) is 90.8 cm³/mol. The Hall–Kier alpha value is -2.15. The first-order valence-electron chi connectivity index (χ1n) is 8.77. The van der Waals surface area contributed by atoms with Gasteiger partial charge in [0.05, 0.1) is 17.9 Å². The van der Waals surface area contributed by atoms with Crippen molar-refractivity contribution in [3.05, 3.63) is 30.6 Å². The topological polar surface area (TPSA) is 68.0 Å². The van der Waals surface area contributed by atoms with E-state index in [4.69, 9.17) is 0 Å². The molecule has 2 atom stereocenters. The lowest BCUT2D eigenvalue weighted by molar-refractivity contribution is -0.121. The zero-order valence-electron chi connectivity index (χ0n) is 14.1. The van der Waals surface area contributed by atoms with Crippen LogP contribution in [0.15, 0.2) is 24.8 Å². The summed E-state index contributed by atoms with van der Waals surface area (Å²) in [7, 11) is 1.87. The van der Waals surface area contributed by atoms with E-state index in [2.05, 4.69) is 26.2 Å². The highest BCUT2D eigenvalue weighted by atomic mass is 16.2. The summed E-state index contributed by atoms with van der Waals surface area (Å²) in [4.78, 5) is 19.2. The Kier molecular flexibility index (Phi) is 4.10. The predicted octanol–water partition coefficient (Wildman–Crippen LogP) is 1.28. The van der Waals surface area contributed by atoms with Crippen LogP contribution in [-0.4, -0.2) is 44.4 Å². The number of rotatable bonds is 4. The molecule has 7 nitrogen and oxygen atoms in total. The van der Waals surface area contributed by atoms with E-state index in [-0.39, 0.29) is 11.9 Å². The number of amides is 1. The lowest BCUT2D eigenvalue weighted by atomic mass is 9.97. The normalized spacial score (nSPS) is 24.2. The summed E-state index contributed by atoms with van der Waals surface area (Å²) in [5, 5.41) is 7.69. The third-order valence-corrected chi connectivity index (χ3v) is 5.12. The highest BCUT2D eigenvalue weighted by Gasteiger charge is 2.31. The number of fused-ring (bicyclic) bond motifs is 1. The highest BCUT2D eigenvalue weighted by Crippen LogP contribution is 2.26. The largest absolute Gasteiger partial charge is 0.335 e. The molecule has 24 heavy (non-hydrogen) atoms. The fraction of sp³-hybridized carbons (Fsp3) is 0.588. The second-order valence-corrected chi connectivity index (χ2v) is 6.78. The molecule has 0 aliphatic carbocycles. The highest BCUT2D eigenvalue weighted by molar-refractivity contribution is 5.97. The van der Waals surface area contributed by atoms with Crippen molar-refractivity contribution in [2.24, 2.45) is 7.05 Å². The lowest BCUT2D eigenvalue weighted by Crippen LogP contribution is -2.51. The number of nitrogens with zero attached hydrogens (tertiary/aromatic N) is 5. The number of aromatic nitrogens is 4. The SMILES string of the molecule is Cn1cc(N2CCCC(NCC3CCCn4ccnc43)C2=O)cn1. The minimum absolute atomic E-state index is 0.107. The third-order valence-electron chi connectivity index (χ3n) is 5.12. The Labute approximate surface area is 141 Å². The van der Waals surface area contributed by atoms with Crippen molar-refractivity contribution in [3.63, 3.8) is 0 Å². The molecule has 2 aromatic heterocycles. The maximum atomic E-state index is 12.8. The minimum atomic E-state index is -0.107. The van der Waals surface area contributed by atoms with Crippen LogP contribution >= 0.6 is 0 Å². The molecular formula is C17H24N6O. The summed E-state index contributed by atoms with van der Waals surface area (Å²) >= 11 is 0. The van der Waals surface area contributed by atoms with Gasteiger partial charge in [-0.15, -0.1) is 0 Å². The average molecular weight is 328 g/mol. The number of carbonyl (C=O) groups excluding carboxylic acids is 1. The van der Waals surface area contributed by atoms with Crippen molar-refractivity contribution in [3.8, 4) is 0 Å². The molecule has 2 aromatic rings. The van der Waals surface area contributed by atoms with E-state index in [0.29, 0.717) is 5.92 Å². The molecule has 1 N–H and O–H groups in total. The number of anilines is 1. The maximum absolute atomic E-state index is 12.8. The van der Waals surface area contributed by atoms with Crippen molar-refractivity contribution in [2.75, 3.05) is 18.0 Å². The van der Waals surface area contributed by atoms with Gasteiger partial charge in [0, 0.05) is 51.2 Å². The summed E-state index contributed by atoms with van der Waals surface area (Å²) in [5.41, 5.74) is 0.891. The molecule has 0 radical (unpaired) electrons. The number of carbonyl (C=O) groups is 1. The molecule has 0 aromatic carbocycles. The molecule has 1 amide bonds. The van der Waals surface area contributed by atoms with Gasteiger partial charge in [0.1, 0.15) is 5.82 Å². The van der Waals surface area contributed by atoms with Gasteiger partial charge in [0.2, 0.25) is 5.91 Å². The van der Waals surface area contributed by atoms with E-state index in [1.807, 2.05) is 24.3 Å². The van der Waals surface area contributed by atoms with Crippen molar-refractivity contribution >= 4 is 11.6 Å². The Morgan fingerprint density at radius 3 is 3.00 bits per heavy atom. The number of aryl methyl sites for hydroxylation is 2. The molecule has 2 aliphatic rings. The number of nitrogens with one attached hydrogen (secondary N) is 1. The number of imidazole rings is 1. The zero-order chi connectivity index (χ0) is 16.5. The molecule has 4 rings (SSSR count). The van der Waals surface area contributed by atoms with E-state index in [9.17, 15) is 4.79 Å². The van der Waals surface area contributed by atoms with E-state index in [0.717, 1.165) is 50.4 Å². The quantitative estimate of drug-likeness (QED) is 0.918. The molecule has 1 saturated heterocycles. The first-order valence-corrected chi connectivity index (χ1v) is 8.77. The first-order chi connectivity index (χ1) is 11.7. The second-order valence-electron chi connectivity index (χ2n) is 6.78. The van der Waals surface area contributed by atoms with Gasteiger partial charge in [0.25, 0.3) is 0 Å². The first kappa shape index (κ1) is 15.4. The van der Waals surface area contributed by atoms with Crippen LogP contribution in [0.25, 0.3) is 0 Å². The molecule has 4 heterocycles. The van der Waals surface area contributed by atoms with Crippen LogP contribution in [0.1, 0.15) is 37.4 Å². The smallest absolute Gasteiger partial charge is 0.244 e. The Balaban J connectivity index is 1.41. The van der Waals surface area contributed by atoms with Gasteiger partial charge in [-0.05, 0) is 25.7 Å². The van der Waals surface area contributed by atoms with Crippen molar-refractivity contribution in [1.29, 1.82) is 0 Å². The van der Waals surface area contributed by atoms with Crippen LogP contribution in [-0.2, 0) is 18.4 Å². The standard InChI is InChI=1S/C17H24N6O/c1-21-12-14(11-20-21)23-8-3-5-15(17(23)24)19-10-13-4-2-7-22-9-6-18-16(13)22/h6,9,11-13,15,19H,2-5,7-8,10H2,1H3. The van der Waals surface area contributed by atoms with Gasteiger partial charge < -0.3 is 14.8 Å². The van der Waals surface area contributed by atoms with Crippen LogP contribution in [0, 0.1) is 0 Å². The molecule has 128 valence electrons. The van der Waals surface area contributed by atoms with Gasteiger partial charge in [-0.25, -0.2) is 4.98 Å². The molecule has 0 spiro atoms. The summed E-state index contributed by atoms with van der Waals surface area (Å²) in [6.45, 7) is 2.65. The molecule has 0 bridgehead atoms. The Morgan fingerprint density at radius 1 is 1.29 bits per heavy atom. The molecule has 1 fully saturated rings. The van der Waals surface area contributed by atoms with Crippen LogP contribution in [0.3, 0.4) is 0 Å². The molecule has 7 heteroatoms. The van der Waals surface area contributed by atoms with E-state index >= 15 is 0 Å². The van der Waals surface area contributed by atoms with E-state index in [1.54, 1.807) is 10.9 Å². The van der Waals surface area contributed by atoms with Gasteiger partial charge in [-0.1, -0.05) is 0 Å². The summed E-state index contributed by atoms with van der Waals surface area (Å²) in [6, 6.07) is -0.107. The van der Waals surface area contributed by atoms with Gasteiger partial charge in [0.15, 0.2) is 0 Å². The Morgan fingerprint density at radius 2 is 2.17 bits per heavy atom. The van der Waals surface area contributed by atoms with Gasteiger partial charge in [-0.2, -0.15) is 5.10 Å². The monoisotopic (exact) mass is 328 g/mol. The van der Waals surface area contributed by atoms with E-state index in [1.165, 1.54) is 6.42 Å². The van der Waals surface area contributed by atoms with E-state index < -0.39 is 0 Å². The average Bonchev–Trinajstić information content (AvgIpc) is 3.23. The lowest BCUT2D eigenvalue weighted by Gasteiger charge is -2.33. The van der Waals surface area contributed by atoms with Crippen molar-refractivity contribution < 1.29 is 4.79 Å². The zero-order valence-corrected chi connectivity index (χ0v) is 14.1.